The van der Waals surface area contributed by atoms with Crippen molar-refractivity contribution in [3.63, 3.8) is 0 Å². The van der Waals surface area contributed by atoms with E-state index in [4.69, 9.17) is 0 Å². The number of pyridine rings is 1. The van der Waals surface area contributed by atoms with Crippen LogP contribution in [0.15, 0.2) is 70.7 Å². The molecule has 2 fully saturated rings. The van der Waals surface area contributed by atoms with Gasteiger partial charge < -0.3 is 5.32 Å². The number of hydrogen-bond acceptors (Lipinski definition) is 7. The van der Waals surface area contributed by atoms with E-state index in [2.05, 4.69) is 38.4 Å². The second-order valence-electron chi connectivity index (χ2n) is 8.87. The van der Waals surface area contributed by atoms with E-state index in [9.17, 15) is 8.42 Å². The molecule has 7 nitrogen and oxygen atoms in total. The van der Waals surface area contributed by atoms with E-state index < -0.39 is 9.84 Å². The van der Waals surface area contributed by atoms with E-state index in [1.165, 1.54) is 17.3 Å². The maximum absolute atomic E-state index is 12.7. The molecule has 1 saturated heterocycles. The smallest absolute Gasteiger partial charge is 0.225 e. The zero-order valence-electron chi connectivity index (χ0n) is 18.1. The SMILES string of the molecule is Cc1cccnc1CN1C[C@H]2CC(Nc3ccc(S(=O)(=O)c4ccccc4)nn3)C[C@H]2C1. The lowest BCUT2D eigenvalue weighted by Crippen LogP contribution is -2.26. The minimum Gasteiger partial charge on any atom is -0.366 e. The Balaban J connectivity index is 1.17. The van der Waals surface area contributed by atoms with E-state index in [0.29, 0.717) is 23.7 Å². The molecule has 1 aliphatic carbocycles. The first kappa shape index (κ1) is 21.0. The third-order valence-electron chi connectivity index (χ3n) is 6.64. The van der Waals surface area contributed by atoms with Gasteiger partial charge in [0.1, 0.15) is 5.82 Å². The summed E-state index contributed by atoms with van der Waals surface area (Å²) in [7, 11) is -3.64. The molecule has 8 heteroatoms. The number of nitrogens with one attached hydrogen (secondary N) is 1. The van der Waals surface area contributed by atoms with Crippen molar-refractivity contribution in [2.45, 2.75) is 42.3 Å². The largest absolute Gasteiger partial charge is 0.366 e. The van der Waals surface area contributed by atoms with Gasteiger partial charge in [-0.1, -0.05) is 24.3 Å². The Kier molecular flexibility index (Phi) is 5.65. The van der Waals surface area contributed by atoms with Gasteiger partial charge in [0.15, 0.2) is 5.03 Å². The molecule has 3 heterocycles. The Morgan fingerprint density at radius 1 is 0.969 bits per heavy atom. The van der Waals surface area contributed by atoms with Crippen LogP contribution in [0.2, 0.25) is 0 Å². The summed E-state index contributed by atoms with van der Waals surface area (Å²) in [4.78, 5) is 7.28. The molecule has 1 aliphatic heterocycles. The third kappa shape index (κ3) is 4.25. The second-order valence-corrected chi connectivity index (χ2v) is 10.8. The van der Waals surface area contributed by atoms with Crippen molar-refractivity contribution in [1.82, 2.24) is 20.1 Å². The quantitative estimate of drug-likeness (QED) is 0.617. The summed E-state index contributed by atoms with van der Waals surface area (Å²) in [6, 6.07) is 16.0. The summed E-state index contributed by atoms with van der Waals surface area (Å²) in [5.41, 5.74) is 2.42. The van der Waals surface area contributed by atoms with Crippen molar-refractivity contribution in [2.24, 2.45) is 11.8 Å². The molecule has 3 aromatic rings. The molecule has 5 rings (SSSR count). The molecule has 3 atom stereocenters. The van der Waals surface area contributed by atoms with Gasteiger partial charge >= 0.3 is 0 Å². The second kappa shape index (κ2) is 8.60. The number of benzene rings is 1. The fourth-order valence-corrected chi connectivity index (χ4v) is 6.16. The highest BCUT2D eigenvalue weighted by atomic mass is 32.2. The van der Waals surface area contributed by atoms with E-state index in [-0.39, 0.29) is 9.92 Å². The van der Waals surface area contributed by atoms with Crippen molar-refractivity contribution in [2.75, 3.05) is 18.4 Å². The Bertz CT molecular complexity index is 1170. The lowest BCUT2D eigenvalue weighted by atomic mass is 10.0. The van der Waals surface area contributed by atoms with Gasteiger partial charge in [-0.2, -0.15) is 0 Å². The number of fused-ring (bicyclic) bond motifs is 1. The Labute approximate surface area is 188 Å². The molecule has 2 aromatic heterocycles. The highest BCUT2D eigenvalue weighted by Gasteiger charge is 2.41. The summed E-state index contributed by atoms with van der Waals surface area (Å²) < 4.78 is 25.3. The normalized spacial score (nSPS) is 23.2. The summed E-state index contributed by atoms with van der Waals surface area (Å²) in [5, 5.41) is 11.6. The predicted molar refractivity (Wildman–Crippen MR) is 122 cm³/mol. The number of rotatable bonds is 6. The highest BCUT2D eigenvalue weighted by molar-refractivity contribution is 7.91. The number of nitrogens with zero attached hydrogens (tertiary/aromatic N) is 4. The molecular weight excluding hydrogens is 422 g/mol. The first-order valence-electron chi connectivity index (χ1n) is 11.0. The van der Waals surface area contributed by atoms with Crippen LogP contribution in [0.4, 0.5) is 5.82 Å². The highest BCUT2D eigenvalue weighted by Crippen LogP contribution is 2.39. The van der Waals surface area contributed by atoms with Crippen LogP contribution in [0.5, 0.6) is 0 Å². The molecular formula is C24H27N5O2S. The molecule has 1 N–H and O–H groups in total. The Morgan fingerprint density at radius 3 is 2.38 bits per heavy atom. The first-order valence-corrected chi connectivity index (χ1v) is 12.5. The minimum absolute atomic E-state index is 0.0296. The van der Waals surface area contributed by atoms with Gasteiger partial charge in [0.25, 0.3) is 0 Å². The number of anilines is 1. The average molecular weight is 450 g/mol. The maximum Gasteiger partial charge on any atom is 0.225 e. The van der Waals surface area contributed by atoms with Crippen LogP contribution in [0.25, 0.3) is 0 Å². The van der Waals surface area contributed by atoms with Crippen LogP contribution in [0, 0.1) is 18.8 Å². The molecule has 1 unspecified atom stereocenters. The summed E-state index contributed by atoms with van der Waals surface area (Å²) in [5.74, 6) is 1.97. The molecule has 0 amide bonds. The van der Waals surface area contributed by atoms with Gasteiger partial charge in [-0.3, -0.25) is 9.88 Å². The summed E-state index contributed by atoms with van der Waals surface area (Å²) in [6.07, 6.45) is 4.05. The minimum atomic E-state index is -3.64. The van der Waals surface area contributed by atoms with Crippen molar-refractivity contribution >= 4 is 15.7 Å². The van der Waals surface area contributed by atoms with Crippen LogP contribution in [-0.2, 0) is 16.4 Å². The van der Waals surface area contributed by atoms with Gasteiger partial charge in [0.05, 0.1) is 10.6 Å². The van der Waals surface area contributed by atoms with Crippen LogP contribution >= 0.6 is 0 Å². The molecule has 0 radical (unpaired) electrons. The van der Waals surface area contributed by atoms with Crippen LogP contribution < -0.4 is 5.32 Å². The van der Waals surface area contributed by atoms with Crippen molar-refractivity contribution in [3.05, 3.63) is 72.1 Å². The number of aryl methyl sites for hydroxylation is 1. The Hall–Kier alpha value is -2.84. The molecule has 2 aliphatic rings. The topological polar surface area (TPSA) is 88.1 Å². The van der Waals surface area contributed by atoms with Gasteiger partial charge in [-0.05, 0) is 67.5 Å². The summed E-state index contributed by atoms with van der Waals surface area (Å²) >= 11 is 0. The molecule has 1 aromatic carbocycles. The number of likely N-dealkylation sites (tertiary alicyclic amines) is 1. The van der Waals surface area contributed by atoms with Crippen LogP contribution in [0.1, 0.15) is 24.1 Å². The zero-order valence-corrected chi connectivity index (χ0v) is 18.9. The Morgan fingerprint density at radius 2 is 1.72 bits per heavy atom. The van der Waals surface area contributed by atoms with E-state index in [1.807, 2.05) is 12.3 Å². The van der Waals surface area contributed by atoms with E-state index >= 15 is 0 Å². The van der Waals surface area contributed by atoms with Crippen molar-refractivity contribution in [1.29, 1.82) is 0 Å². The number of hydrogen-bond donors (Lipinski definition) is 1. The maximum atomic E-state index is 12.7. The van der Waals surface area contributed by atoms with Crippen molar-refractivity contribution in [3.8, 4) is 0 Å². The fraction of sp³-hybridized carbons (Fsp3) is 0.375. The van der Waals surface area contributed by atoms with Gasteiger partial charge in [0.2, 0.25) is 9.84 Å². The third-order valence-corrected chi connectivity index (χ3v) is 8.30. The summed E-state index contributed by atoms with van der Waals surface area (Å²) in [6.45, 7) is 5.23. The van der Waals surface area contributed by atoms with Crippen LogP contribution in [-0.4, -0.2) is 47.6 Å². The van der Waals surface area contributed by atoms with Crippen molar-refractivity contribution < 1.29 is 8.42 Å². The zero-order chi connectivity index (χ0) is 22.1. The van der Waals surface area contributed by atoms with E-state index in [1.54, 1.807) is 36.4 Å². The van der Waals surface area contributed by atoms with Gasteiger partial charge in [-0.25, -0.2) is 8.42 Å². The standard InChI is InChI=1S/C24H27N5O2S/c1-17-6-5-11-25-22(17)16-29-14-18-12-20(13-19(18)15-29)26-23-9-10-24(28-27-23)32(30,31)21-7-3-2-4-8-21/h2-11,18-20H,12-16H2,1H3,(H,26,27)/t18-,19+,20?. The van der Waals surface area contributed by atoms with E-state index in [0.717, 1.165) is 32.5 Å². The van der Waals surface area contributed by atoms with Gasteiger partial charge in [0, 0.05) is 31.9 Å². The molecule has 0 bridgehead atoms. The lowest BCUT2D eigenvalue weighted by Gasteiger charge is -2.20. The van der Waals surface area contributed by atoms with Gasteiger partial charge in [-0.15, -0.1) is 10.2 Å². The average Bonchev–Trinajstić information content (AvgIpc) is 3.34. The predicted octanol–water partition coefficient (Wildman–Crippen LogP) is 3.34. The van der Waals surface area contributed by atoms with Crippen LogP contribution in [0.3, 0.4) is 0 Å². The molecule has 1 saturated carbocycles. The number of sulfone groups is 1. The lowest BCUT2D eigenvalue weighted by molar-refractivity contribution is 0.297. The molecule has 0 spiro atoms. The monoisotopic (exact) mass is 449 g/mol. The fourth-order valence-electron chi connectivity index (χ4n) is 5.01. The molecule has 166 valence electrons. The molecule has 32 heavy (non-hydrogen) atoms. The number of aromatic nitrogens is 3. The first-order chi connectivity index (χ1) is 15.5.